The molecule has 0 radical (unpaired) electrons. The summed E-state index contributed by atoms with van der Waals surface area (Å²) >= 11 is 1.65. The predicted molar refractivity (Wildman–Crippen MR) is 79.1 cm³/mol. The van der Waals surface area contributed by atoms with E-state index in [-0.39, 0.29) is 5.91 Å². The number of rotatable bonds is 3. The maximum Gasteiger partial charge on any atom is 0.259 e. The lowest BCUT2D eigenvalue weighted by Crippen LogP contribution is -2.13. The van der Waals surface area contributed by atoms with Crippen molar-refractivity contribution in [3.8, 4) is 0 Å². The van der Waals surface area contributed by atoms with Crippen molar-refractivity contribution in [2.24, 2.45) is 0 Å². The Bertz CT molecular complexity index is 617. The highest BCUT2D eigenvalue weighted by Gasteiger charge is 2.18. The molecule has 4 heteroatoms. The maximum absolute atomic E-state index is 12.3. The van der Waals surface area contributed by atoms with E-state index in [2.05, 4.69) is 5.32 Å². The molecule has 3 nitrogen and oxygen atoms in total. The molecule has 1 aromatic heterocycles. The molecule has 1 amide bonds. The molecular formula is C15H17NO2S. The van der Waals surface area contributed by atoms with Gasteiger partial charge in [0, 0.05) is 16.1 Å². The zero-order valence-corrected chi connectivity index (χ0v) is 12.4. The van der Waals surface area contributed by atoms with Crippen molar-refractivity contribution in [1.82, 2.24) is 0 Å². The number of hydrogen-bond acceptors (Lipinski definition) is 3. The smallest absolute Gasteiger partial charge is 0.259 e. The first kappa shape index (κ1) is 13.7. The van der Waals surface area contributed by atoms with Gasteiger partial charge >= 0.3 is 0 Å². The molecule has 0 fully saturated rings. The van der Waals surface area contributed by atoms with Gasteiger partial charge in [0.05, 0.1) is 5.56 Å². The van der Waals surface area contributed by atoms with Crippen LogP contribution in [0.25, 0.3) is 0 Å². The van der Waals surface area contributed by atoms with E-state index in [9.17, 15) is 4.79 Å². The third-order valence-corrected chi connectivity index (χ3v) is 3.84. The van der Waals surface area contributed by atoms with Crippen LogP contribution in [0.15, 0.2) is 33.6 Å². The van der Waals surface area contributed by atoms with E-state index in [1.54, 1.807) is 11.8 Å². The minimum absolute atomic E-state index is 0.120. The van der Waals surface area contributed by atoms with Gasteiger partial charge in [0.2, 0.25) is 0 Å². The van der Waals surface area contributed by atoms with E-state index in [4.69, 9.17) is 4.42 Å². The molecular weight excluding hydrogens is 258 g/mol. The van der Waals surface area contributed by atoms with E-state index in [0.29, 0.717) is 11.3 Å². The number of amides is 1. The lowest BCUT2D eigenvalue weighted by atomic mass is 10.1. The fourth-order valence-electron chi connectivity index (χ4n) is 2.02. The van der Waals surface area contributed by atoms with Crippen LogP contribution in [0.5, 0.6) is 0 Å². The first-order valence-electron chi connectivity index (χ1n) is 6.05. The summed E-state index contributed by atoms with van der Waals surface area (Å²) in [7, 11) is 0. The first-order chi connectivity index (χ1) is 9.02. The van der Waals surface area contributed by atoms with E-state index < -0.39 is 0 Å². The Balaban J connectivity index is 2.25. The number of furan rings is 1. The van der Waals surface area contributed by atoms with Crippen LogP contribution in [0, 0.1) is 20.8 Å². The van der Waals surface area contributed by atoms with E-state index >= 15 is 0 Å². The van der Waals surface area contributed by atoms with Crippen LogP contribution >= 0.6 is 11.8 Å². The molecule has 2 aromatic rings. The average Bonchev–Trinajstić information content (AvgIpc) is 2.63. The quantitative estimate of drug-likeness (QED) is 0.854. The molecule has 0 bridgehead atoms. The molecule has 0 saturated carbocycles. The Morgan fingerprint density at radius 3 is 2.53 bits per heavy atom. The summed E-state index contributed by atoms with van der Waals surface area (Å²) in [5.41, 5.74) is 2.33. The molecule has 0 unspecified atom stereocenters. The normalized spacial score (nSPS) is 10.5. The second-order valence-corrected chi connectivity index (χ2v) is 5.28. The number of nitrogens with one attached hydrogen (secondary N) is 1. The molecule has 1 N–H and O–H groups in total. The van der Waals surface area contributed by atoms with Crippen LogP contribution in [0.2, 0.25) is 0 Å². The monoisotopic (exact) mass is 275 g/mol. The highest BCUT2D eigenvalue weighted by Crippen LogP contribution is 2.23. The van der Waals surface area contributed by atoms with Gasteiger partial charge in [-0.05, 0) is 45.2 Å². The Morgan fingerprint density at radius 2 is 1.95 bits per heavy atom. The molecule has 1 heterocycles. The highest BCUT2D eigenvalue weighted by atomic mass is 32.2. The van der Waals surface area contributed by atoms with Crippen LogP contribution in [0.1, 0.15) is 27.4 Å². The molecule has 2 rings (SSSR count). The average molecular weight is 275 g/mol. The van der Waals surface area contributed by atoms with Crippen molar-refractivity contribution in [1.29, 1.82) is 0 Å². The van der Waals surface area contributed by atoms with Gasteiger partial charge in [-0.2, -0.15) is 0 Å². The lowest BCUT2D eigenvalue weighted by Gasteiger charge is -2.06. The van der Waals surface area contributed by atoms with Crippen LogP contribution in [0.4, 0.5) is 5.69 Å². The first-order valence-corrected chi connectivity index (χ1v) is 7.27. The van der Waals surface area contributed by atoms with E-state index in [1.165, 1.54) is 0 Å². The van der Waals surface area contributed by atoms with Gasteiger partial charge in [-0.15, -0.1) is 11.8 Å². The Morgan fingerprint density at radius 1 is 1.21 bits per heavy atom. The molecule has 0 atom stereocenters. The molecule has 0 spiro atoms. The third kappa shape index (κ3) is 2.84. The summed E-state index contributed by atoms with van der Waals surface area (Å²) in [4.78, 5) is 13.4. The Hall–Kier alpha value is -1.68. The van der Waals surface area contributed by atoms with Gasteiger partial charge in [0.25, 0.3) is 5.91 Å². The lowest BCUT2D eigenvalue weighted by molar-refractivity contribution is 0.102. The zero-order chi connectivity index (χ0) is 14.0. The van der Waals surface area contributed by atoms with Gasteiger partial charge in [0.1, 0.15) is 11.5 Å². The van der Waals surface area contributed by atoms with Gasteiger partial charge in [-0.1, -0.05) is 6.07 Å². The summed E-state index contributed by atoms with van der Waals surface area (Å²) in [6, 6.07) is 7.79. The molecule has 0 aliphatic rings. The SMILES string of the molecule is CSc1cccc(NC(=O)c2c(C)oc(C)c2C)c1. The van der Waals surface area contributed by atoms with Crippen LogP contribution in [-0.2, 0) is 0 Å². The summed E-state index contributed by atoms with van der Waals surface area (Å²) in [6.45, 7) is 5.58. The molecule has 0 aliphatic heterocycles. The number of benzene rings is 1. The van der Waals surface area contributed by atoms with Crippen molar-refractivity contribution in [2.75, 3.05) is 11.6 Å². The van der Waals surface area contributed by atoms with Crippen LogP contribution in [-0.4, -0.2) is 12.2 Å². The number of carbonyl (C=O) groups is 1. The van der Waals surface area contributed by atoms with Crippen molar-refractivity contribution in [2.45, 2.75) is 25.7 Å². The summed E-state index contributed by atoms with van der Waals surface area (Å²) in [5, 5.41) is 2.92. The molecule has 1 aromatic carbocycles. The minimum atomic E-state index is -0.120. The van der Waals surface area contributed by atoms with Crippen molar-refractivity contribution in [3.63, 3.8) is 0 Å². The minimum Gasteiger partial charge on any atom is -0.466 e. The fraction of sp³-hybridized carbons (Fsp3) is 0.267. The third-order valence-electron chi connectivity index (χ3n) is 3.12. The predicted octanol–water partition coefficient (Wildman–Crippen LogP) is 4.18. The summed E-state index contributed by atoms with van der Waals surface area (Å²) < 4.78 is 5.48. The van der Waals surface area contributed by atoms with E-state index in [1.807, 2.05) is 51.3 Å². The standard InChI is InChI=1S/C15H17NO2S/c1-9-10(2)18-11(3)14(9)15(17)16-12-6-5-7-13(8-12)19-4/h5-8H,1-4H3,(H,16,17). The number of hydrogen-bond donors (Lipinski definition) is 1. The van der Waals surface area contributed by atoms with Crippen molar-refractivity contribution < 1.29 is 9.21 Å². The zero-order valence-electron chi connectivity index (χ0n) is 11.5. The van der Waals surface area contributed by atoms with Gasteiger partial charge in [0.15, 0.2) is 0 Å². The number of carbonyl (C=O) groups excluding carboxylic acids is 1. The Labute approximate surface area is 117 Å². The molecule has 19 heavy (non-hydrogen) atoms. The topological polar surface area (TPSA) is 42.2 Å². The summed E-state index contributed by atoms with van der Waals surface area (Å²) in [6.07, 6.45) is 2.01. The largest absolute Gasteiger partial charge is 0.466 e. The van der Waals surface area contributed by atoms with Crippen LogP contribution < -0.4 is 5.32 Å². The molecule has 100 valence electrons. The van der Waals surface area contributed by atoms with Gasteiger partial charge in [-0.3, -0.25) is 4.79 Å². The van der Waals surface area contributed by atoms with Gasteiger partial charge in [-0.25, -0.2) is 0 Å². The fourth-order valence-corrected chi connectivity index (χ4v) is 2.48. The van der Waals surface area contributed by atoms with Crippen LogP contribution in [0.3, 0.4) is 0 Å². The second-order valence-electron chi connectivity index (χ2n) is 4.40. The van der Waals surface area contributed by atoms with E-state index in [0.717, 1.165) is 21.9 Å². The highest BCUT2D eigenvalue weighted by molar-refractivity contribution is 7.98. The number of thioether (sulfide) groups is 1. The molecule has 0 aliphatic carbocycles. The van der Waals surface area contributed by atoms with Crippen molar-refractivity contribution in [3.05, 3.63) is 46.9 Å². The number of anilines is 1. The Kier molecular flexibility index (Phi) is 4.00. The summed E-state index contributed by atoms with van der Waals surface area (Å²) in [5.74, 6) is 1.33. The molecule has 0 saturated heterocycles. The second kappa shape index (κ2) is 5.53. The van der Waals surface area contributed by atoms with Gasteiger partial charge < -0.3 is 9.73 Å². The van der Waals surface area contributed by atoms with Crippen molar-refractivity contribution >= 4 is 23.4 Å². The maximum atomic E-state index is 12.3. The number of aryl methyl sites for hydroxylation is 2.